The quantitative estimate of drug-likeness (QED) is 0.771. The molecule has 0 radical (unpaired) electrons. The molecule has 2 aromatic rings. The number of aromatic nitrogens is 4. The first-order valence-electron chi connectivity index (χ1n) is 10.6. The summed E-state index contributed by atoms with van der Waals surface area (Å²) in [6.45, 7) is 1.81. The fourth-order valence-electron chi connectivity index (χ4n) is 4.48. The van der Waals surface area contributed by atoms with Crippen LogP contribution in [0.5, 0.6) is 0 Å². The molecule has 4 rings (SSSR count). The van der Waals surface area contributed by atoms with E-state index in [2.05, 4.69) is 10.3 Å². The largest absolute Gasteiger partial charge is 0.469 e. The predicted molar refractivity (Wildman–Crippen MR) is 108 cm³/mol. The molecule has 29 heavy (non-hydrogen) atoms. The van der Waals surface area contributed by atoms with Crippen LogP contribution in [-0.4, -0.2) is 45.3 Å². The SMILES string of the molecule is COC(=O)CC[C@H]1CC[C@H](n2ccn(-c3cnc4c(n3)CCNCC4)c2=O)CC1. The van der Waals surface area contributed by atoms with Crippen molar-refractivity contribution in [2.45, 2.75) is 57.4 Å². The number of fused-ring (bicyclic) bond motifs is 1. The maximum absolute atomic E-state index is 13.0. The fourth-order valence-corrected chi connectivity index (χ4v) is 4.48. The van der Waals surface area contributed by atoms with E-state index in [0.717, 1.165) is 69.4 Å². The summed E-state index contributed by atoms with van der Waals surface area (Å²) >= 11 is 0. The first-order valence-corrected chi connectivity index (χ1v) is 10.6. The van der Waals surface area contributed by atoms with Gasteiger partial charge in [-0.2, -0.15) is 0 Å². The van der Waals surface area contributed by atoms with Gasteiger partial charge in [-0.3, -0.25) is 18.9 Å². The number of nitrogens with zero attached hydrogens (tertiary/aromatic N) is 4. The van der Waals surface area contributed by atoms with Crippen molar-refractivity contribution < 1.29 is 9.53 Å². The Balaban J connectivity index is 1.44. The average Bonchev–Trinajstić information content (AvgIpc) is 2.98. The third-order valence-electron chi connectivity index (χ3n) is 6.24. The smallest absolute Gasteiger partial charge is 0.334 e. The molecule has 156 valence electrons. The van der Waals surface area contributed by atoms with Gasteiger partial charge in [0.2, 0.25) is 0 Å². The molecule has 1 aliphatic heterocycles. The zero-order valence-corrected chi connectivity index (χ0v) is 17.0. The van der Waals surface area contributed by atoms with E-state index in [4.69, 9.17) is 9.72 Å². The molecule has 0 spiro atoms. The van der Waals surface area contributed by atoms with Crippen LogP contribution in [-0.2, 0) is 22.4 Å². The van der Waals surface area contributed by atoms with E-state index in [9.17, 15) is 9.59 Å². The molecule has 0 amide bonds. The van der Waals surface area contributed by atoms with Crippen molar-refractivity contribution in [3.05, 3.63) is 40.5 Å². The van der Waals surface area contributed by atoms with Gasteiger partial charge in [0, 0.05) is 50.8 Å². The number of methoxy groups -OCH3 is 1. The lowest BCUT2D eigenvalue weighted by atomic mass is 9.83. The maximum Gasteiger partial charge on any atom is 0.334 e. The van der Waals surface area contributed by atoms with Gasteiger partial charge in [0.05, 0.1) is 24.7 Å². The number of hydrogen-bond donors (Lipinski definition) is 1. The van der Waals surface area contributed by atoms with Gasteiger partial charge in [-0.25, -0.2) is 9.78 Å². The monoisotopic (exact) mass is 399 g/mol. The third-order valence-corrected chi connectivity index (χ3v) is 6.24. The molecule has 1 aliphatic carbocycles. The van der Waals surface area contributed by atoms with Crippen LogP contribution in [0.1, 0.15) is 56.0 Å². The Morgan fingerprint density at radius 1 is 1.17 bits per heavy atom. The van der Waals surface area contributed by atoms with E-state index in [1.807, 2.05) is 10.8 Å². The molecule has 1 saturated carbocycles. The van der Waals surface area contributed by atoms with Gasteiger partial charge in [-0.1, -0.05) is 0 Å². The molecule has 2 aliphatic rings. The molecule has 1 fully saturated rings. The normalized spacial score (nSPS) is 22.0. The highest BCUT2D eigenvalue weighted by Gasteiger charge is 2.25. The second-order valence-electron chi connectivity index (χ2n) is 8.02. The van der Waals surface area contributed by atoms with Crippen molar-refractivity contribution in [1.82, 2.24) is 24.4 Å². The Hall–Kier alpha value is -2.48. The number of imidazole rings is 1. The Bertz CT molecular complexity index is 911. The second-order valence-corrected chi connectivity index (χ2v) is 8.02. The highest BCUT2D eigenvalue weighted by atomic mass is 16.5. The van der Waals surface area contributed by atoms with Crippen LogP contribution >= 0.6 is 0 Å². The minimum Gasteiger partial charge on any atom is -0.469 e. The number of carbonyl (C=O) groups excluding carboxylic acids is 1. The predicted octanol–water partition coefficient (Wildman–Crippen LogP) is 1.80. The van der Waals surface area contributed by atoms with Crippen LogP contribution in [0.2, 0.25) is 0 Å². The second kappa shape index (κ2) is 8.90. The van der Waals surface area contributed by atoms with E-state index < -0.39 is 0 Å². The molecule has 8 nitrogen and oxygen atoms in total. The molecule has 3 heterocycles. The highest BCUT2D eigenvalue weighted by Crippen LogP contribution is 2.33. The molecular weight excluding hydrogens is 370 g/mol. The standard InChI is InChI=1S/C21H29N5O3/c1-29-20(27)7-4-15-2-5-16(6-3-15)25-12-13-26(21(25)28)19-14-23-17-8-10-22-11-9-18(17)24-19/h12-16,22H,2-11H2,1H3/t15-,16-. The van der Waals surface area contributed by atoms with Crippen molar-refractivity contribution in [1.29, 1.82) is 0 Å². The van der Waals surface area contributed by atoms with Crippen LogP contribution in [0.4, 0.5) is 0 Å². The molecule has 1 N–H and O–H groups in total. The molecule has 0 unspecified atom stereocenters. The van der Waals surface area contributed by atoms with Gasteiger partial charge in [0.25, 0.3) is 0 Å². The van der Waals surface area contributed by atoms with Gasteiger partial charge in [0.1, 0.15) is 0 Å². The lowest BCUT2D eigenvalue weighted by Gasteiger charge is -2.28. The van der Waals surface area contributed by atoms with E-state index >= 15 is 0 Å². The minimum absolute atomic E-state index is 0.0518. The Kier molecular flexibility index (Phi) is 6.08. The van der Waals surface area contributed by atoms with Gasteiger partial charge in [-0.05, 0) is 38.0 Å². The van der Waals surface area contributed by atoms with Crippen molar-refractivity contribution in [2.75, 3.05) is 20.2 Å². The lowest BCUT2D eigenvalue weighted by molar-refractivity contribution is -0.141. The first kappa shape index (κ1) is 19.8. The summed E-state index contributed by atoms with van der Waals surface area (Å²) in [6, 6.07) is 0.205. The van der Waals surface area contributed by atoms with Gasteiger partial charge >= 0.3 is 11.7 Å². The van der Waals surface area contributed by atoms with E-state index in [1.165, 1.54) is 7.11 Å². The first-order chi connectivity index (χ1) is 14.2. The van der Waals surface area contributed by atoms with E-state index in [0.29, 0.717) is 18.2 Å². The summed E-state index contributed by atoms with van der Waals surface area (Å²) in [5.41, 5.74) is 1.96. The molecule has 0 bridgehead atoms. The number of nitrogens with one attached hydrogen (secondary N) is 1. The van der Waals surface area contributed by atoms with Crippen molar-refractivity contribution in [3.8, 4) is 5.82 Å². The number of esters is 1. The summed E-state index contributed by atoms with van der Waals surface area (Å²) in [6.07, 6.45) is 12.4. The summed E-state index contributed by atoms with van der Waals surface area (Å²) in [7, 11) is 1.43. The zero-order valence-electron chi connectivity index (χ0n) is 17.0. The number of hydrogen-bond acceptors (Lipinski definition) is 6. The van der Waals surface area contributed by atoms with Crippen LogP contribution in [0.15, 0.2) is 23.4 Å². The molecular formula is C21H29N5O3. The maximum atomic E-state index is 13.0. The molecule has 2 aromatic heterocycles. The fraction of sp³-hybridized carbons (Fsp3) is 0.619. The Labute approximate surface area is 170 Å². The van der Waals surface area contributed by atoms with Crippen LogP contribution in [0.3, 0.4) is 0 Å². The lowest BCUT2D eigenvalue weighted by Crippen LogP contribution is -2.29. The van der Waals surface area contributed by atoms with Crippen LogP contribution in [0.25, 0.3) is 5.82 Å². The average molecular weight is 399 g/mol. The van der Waals surface area contributed by atoms with Gasteiger partial charge in [0.15, 0.2) is 5.82 Å². The highest BCUT2D eigenvalue weighted by molar-refractivity contribution is 5.69. The summed E-state index contributed by atoms with van der Waals surface area (Å²) in [4.78, 5) is 33.7. The topological polar surface area (TPSA) is 91.0 Å². The number of rotatable bonds is 5. The van der Waals surface area contributed by atoms with Gasteiger partial charge < -0.3 is 10.1 Å². The minimum atomic E-state index is -0.141. The zero-order chi connectivity index (χ0) is 20.2. The summed E-state index contributed by atoms with van der Waals surface area (Å²) in [5.74, 6) is 0.992. The van der Waals surface area contributed by atoms with E-state index in [-0.39, 0.29) is 17.7 Å². The van der Waals surface area contributed by atoms with E-state index in [1.54, 1.807) is 17.0 Å². The van der Waals surface area contributed by atoms with Gasteiger partial charge in [-0.15, -0.1) is 0 Å². The van der Waals surface area contributed by atoms with Crippen LogP contribution < -0.4 is 11.0 Å². The summed E-state index contributed by atoms with van der Waals surface area (Å²) < 4.78 is 8.18. The summed E-state index contributed by atoms with van der Waals surface area (Å²) in [5, 5.41) is 3.36. The third kappa shape index (κ3) is 4.42. The van der Waals surface area contributed by atoms with Crippen molar-refractivity contribution in [3.63, 3.8) is 0 Å². The molecule has 0 atom stereocenters. The number of carbonyl (C=O) groups is 1. The molecule has 8 heteroatoms. The Morgan fingerprint density at radius 2 is 1.93 bits per heavy atom. The van der Waals surface area contributed by atoms with Crippen molar-refractivity contribution in [2.24, 2.45) is 5.92 Å². The molecule has 0 aromatic carbocycles. The number of ether oxygens (including phenoxy) is 1. The molecule has 0 saturated heterocycles. The Morgan fingerprint density at radius 3 is 2.69 bits per heavy atom. The van der Waals surface area contributed by atoms with Crippen LogP contribution in [0, 0.1) is 5.92 Å². The van der Waals surface area contributed by atoms with Crippen molar-refractivity contribution >= 4 is 5.97 Å².